The lowest BCUT2D eigenvalue weighted by Crippen LogP contribution is -2.32. The molecule has 0 bridgehead atoms. The van der Waals surface area contributed by atoms with E-state index in [4.69, 9.17) is 12.2 Å². The normalized spacial score (nSPS) is 10.6. The fourth-order valence-electron chi connectivity index (χ4n) is 3.19. The number of aromatic hydroxyl groups is 2. The summed E-state index contributed by atoms with van der Waals surface area (Å²) < 4.78 is 2.47. The lowest BCUT2D eigenvalue weighted by Gasteiger charge is -2.17. The van der Waals surface area contributed by atoms with Crippen molar-refractivity contribution >= 4 is 23.8 Å². The molecule has 8 heteroatoms. The third-order valence-electron chi connectivity index (χ3n) is 4.59. The van der Waals surface area contributed by atoms with E-state index >= 15 is 0 Å². The average molecular weight is 431 g/mol. The highest BCUT2D eigenvalue weighted by molar-refractivity contribution is 7.71. The van der Waals surface area contributed by atoms with Crippen molar-refractivity contribution in [1.29, 1.82) is 0 Å². The number of hydrogen-bond donors (Lipinski definition) is 3. The summed E-state index contributed by atoms with van der Waals surface area (Å²) in [6, 6.07) is 23.2. The smallest absolute Gasteiger partial charge is 0.275 e. The summed E-state index contributed by atoms with van der Waals surface area (Å²) in [7, 11) is 0. The van der Waals surface area contributed by atoms with Gasteiger partial charge in [0.05, 0.1) is 11.4 Å². The Morgan fingerprint density at radius 3 is 1.97 bits per heavy atom. The van der Waals surface area contributed by atoms with E-state index in [-0.39, 0.29) is 16.2 Å². The Hall–Kier alpha value is -4.17. The van der Waals surface area contributed by atoms with Crippen molar-refractivity contribution in [3.8, 4) is 23.0 Å². The predicted octanol–water partition coefficient (Wildman–Crippen LogP) is 4.02. The molecule has 1 amide bonds. The predicted molar refractivity (Wildman–Crippen MR) is 120 cm³/mol. The molecular weight excluding hydrogens is 414 g/mol. The number of amides is 1. The van der Waals surface area contributed by atoms with Crippen LogP contribution in [-0.2, 0) is 0 Å². The second kappa shape index (κ2) is 8.29. The van der Waals surface area contributed by atoms with Gasteiger partial charge in [-0.3, -0.25) is 18.7 Å². The number of carbonyl (C=O) groups excluding carboxylic acids is 1. The molecule has 0 aliphatic heterocycles. The van der Waals surface area contributed by atoms with Gasteiger partial charge in [-0.1, -0.05) is 42.5 Å². The van der Waals surface area contributed by atoms with E-state index < -0.39 is 22.9 Å². The first kappa shape index (κ1) is 20.1. The van der Waals surface area contributed by atoms with Crippen LogP contribution >= 0.6 is 12.2 Å². The molecule has 3 N–H and O–H groups in total. The summed E-state index contributed by atoms with van der Waals surface area (Å²) in [5, 5.41) is 23.1. The number of para-hydroxylation sites is 2. The second-order valence-electron chi connectivity index (χ2n) is 6.63. The molecule has 1 heterocycles. The van der Waals surface area contributed by atoms with E-state index in [0.29, 0.717) is 11.4 Å². The molecule has 0 aliphatic rings. The number of rotatable bonds is 4. The monoisotopic (exact) mass is 431 g/mol. The number of aromatic nitrogens is 2. The van der Waals surface area contributed by atoms with Gasteiger partial charge in [0.2, 0.25) is 5.88 Å². The minimum atomic E-state index is -0.836. The van der Waals surface area contributed by atoms with Gasteiger partial charge in [0.25, 0.3) is 11.5 Å². The Kier molecular flexibility index (Phi) is 5.38. The van der Waals surface area contributed by atoms with Gasteiger partial charge in [0.15, 0.2) is 10.3 Å². The topological polar surface area (TPSA) is 96.5 Å². The number of nitrogens with zero attached hydrogens (tertiary/aromatic N) is 2. The summed E-state index contributed by atoms with van der Waals surface area (Å²) >= 11 is 5.53. The number of carbonyl (C=O) groups is 1. The number of phenols is 1. The number of hydrogen-bond acceptors (Lipinski definition) is 5. The third kappa shape index (κ3) is 3.84. The van der Waals surface area contributed by atoms with Crippen molar-refractivity contribution in [2.24, 2.45) is 0 Å². The molecule has 0 fully saturated rings. The standard InChI is InChI=1S/C23H17N3O4S/c27-18-13-7-8-15(14-18)24-20(28)19-21(29)25(16-9-3-1-4-10-16)23(31)26(22(19)30)17-11-5-2-6-12-17/h1-14,27,29H,(H,24,28). The molecule has 4 rings (SSSR count). The lowest BCUT2D eigenvalue weighted by molar-refractivity contribution is 0.102. The van der Waals surface area contributed by atoms with Gasteiger partial charge in [-0.15, -0.1) is 0 Å². The zero-order chi connectivity index (χ0) is 22.0. The van der Waals surface area contributed by atoms with Crippen molar-refractivity contribution in [1.82, 2.24) is 9.13 Å². The van der Waals surface area contributed by atoms with Crippen molar-refractivity contribution in [3.05, 3.63) is 106 Å². The van der Waals surface area contributed by atoms with Crippen LogP contribution in [0.1, 0.15) is 10.4 Å². The highest BCUT2D eigenvalue weighted by Gasteiger charge is 2.24. The molecule has 3 aromatic carbocycles. The first-order valence-electron chi connectivity index (χ1n) is 9.29. The van der Waals surface area contributed by atoms with Gasteiger partial charge in [-0.2, -0.15) is 0 Å². The van der Waals surface area contributed by atoms with Gasteiger partial charge >= 0.3 is 0 Å². The van der Waals surface area contributed by atoms with Crippen LogP contribution in [0.4, 0.5) is 5.69 Å². The molecule has 0 atom stereocenters. The maximum Gasteiger partial charge on any atom is 0.275 e. The van der Waals surface area contributed by atoms with Crippen LogP contribution in [0.15, 0.2) is 89.7 Å². The molecule has 0 aliphatic carbocycles. The first-order chi connectivity index (χ1) is 15.0. The fourth-order valence-corrected chi connectivity index (χ4v) is 3.57. The van der Waals surface area contributed by atoms with Gasteiger partial charge in [-0.25, -0.2) is 0 Å². The summed E-state index contributed by atoms with van der Waals surface area (Å²) in [4.78, 5) is 26.3. The van der Waals surface area contributed by atoms with Gasteiger partial charge < -0.3 is 15.5 Å². The Bertz CT molecular complexity index is 1380. The van der Waals surface area contributed by atoms with E-state index in [1.54, 1.807) is 72.8 Å². The summed E-state index contributed by atoms with van der Waals surface area (Å²) in [6.45, 7) is 0. The Morgan fingerprint density at radius 2 is 1.39 bits per heavy atom. The van der Waals surface area contributed by atoms with Crippen LogP contribution in [0.2, 0.25) is 0 Å². The molecule has 0 saturated heterocycles. The molecule has 31 heavy (non-hydrogen) atoms. The lowest BCUT2D eigenvalue weighted by atomic mass is 10.2. The van der Waals surface area contributed by atoms with Crippen LogP contribution in [0, 0.1) is 4.77 Å². The Labute approximate surface area is 182 Å². The first-order valence-corrected chi connectivity index (χ1v) is 9.70. The molecular formula is C23H17N3O4S. The quantitative estimate of drug-likeness (QED) is 0.424. The number of nitrogens with one attached hydrogen (secondary N) is 1. The van der Waals surface area contributed by atoms with E-state index in [9.17, 15) is 19.8 Å². The second-order valence-corrected chi connectivity index (χ2v) is 7.00. The number of anilines is 1. The largest absolute Gasteiger partial charge is 0.508 e. The third-order valence-corrected chi connectivity index (χ3v) is 4.96. The zero-order valence-corrected chi connectivity index (χ0v) is 16.9. The molecule has 4 aromatic rings. The van der Waals surface area contributed by atoms with Gasteiger partial charge in [-0.05, 0) is 48.6 Å². The molecule has 154 valence electrons. The van der Waals surface area contributed by atoms with Crippen molar-refractivity contribution in [3.63, 3.8) is 0 Å². The van der Waals surface area contributed by atoms with Crippen molar-refractivity contribution in [2.45, 2.75) is 0 Å². The van der Waals surface area contributed by atoms with Crippen LogP contribution in [0.25, 0.3) is 11.4 Å². The number of benzene rings is 3. The number of phenolic OH excluding ortho intramolecular Hbond substituents is 1. The summed E-state index contributed by atoms with van der Waals surface area (Å²) in [5.41, 5.74) is -0.0402. The van der Waals surface area contributed by atoms with E-state index in [1.165, 1.54) is 21.3 Å². The highest BCUT2D eigenvalue weighted by atomic mass is 32.1. The Balaban J connectivity index is 1.97. The van der Waals surface area contributed by atoms with Crippen LogP contribution in [0.5, 0.6) is 11.6 Å². The minimum absolute atomic E-state index is 0.00815. The zero-order valence-electron chi connectivity index (χ0n) is 16.1. The highest BCUT2D eigenvalue weighted by Crippen LogP contribution is 2.23. The average Bonchev–Trinajstić information content (AvgIpc) is 2.75. The SMILES string of the molecule is O=C(Nc1cccc(O)c1)c1c(O)n(-c2ccccc2)c(=S)n(-c2ccccc2)c1=O. The molecule has 0 radical (unpaired) electrons. The van der Waals surface area contributed by atoms with Gasteiger partial charge in [0, 0.05) is 11.8 Å². The molecule has 0 saturated carbocycles. The fraction of sp³-hybridized carbons (Fsp3) is 0. The summed E-state index contributed by atoms with van der Waals surface area (Å²) in [6.07, 6.45) is 0. The molecule has 0 spiro atoms. The molecule has 7 nitrogen and oxygen atoms in total. The maximum absolute atomic E-state index is 13.3. The van der Waals surface area contributed by atoms with Crippen LogP contribution in [0.3, 0.4) is 0 Å². The van der Waals surface area contributed by atoms with E-state index in [2.05, 4.69) is 5.32 Å². The maximum atomic E-state index is 13.3. The minimum Gasteiger partial charge on any atom is -0.508 e. The van der Waals surface area contributed by atoms with E-state index in [0.717, 1.165) is 0 Å². The molecule has 0 unspecified atom stereocenters. The molecule has 1 aromatic heterocycles. The van der Waals surface area contributed by atoms with E-state index in [1.807, 2.05) is 0 Å². The van der Waals surface area contributed by atoms with Crippen molar-refractivity contribution < 1.29 is 15.0 Å². The van der Waals surface area contributed by atoms with Crippen LogP contribution < -0.4 is 10.9 Å². The van der Waals surface area contributed by atoms with Gasteiger partial charge in [0.1, 0.15) is 5.75 Å². The van der Waals surface area contributed by atoms with Crippen LogP contribution in [-0.4, -0.2) is 25.3 Å². The Morgan fingerprint density at radius 1 is 0.806 bits per heavy atom. The van der Waals surface area contributed by atoms with Crippen molar-refractivity contribution in [2.75, 3.05) is 5.32 Å². The summed E-state index contributed by atoms with van der Waals surface area (Å²) in [5.74, 6) is -1.47.